The van der Waals surface area contributed by atoms with Gasteiger partial charge in [-0.15, -0.1) is 0 Å². The predicted molar refractivity (Wildman–Crippen MR) is 167 cm³/mol. The zero-order valence-corrected chi connectivity index (χ0v) is 24.9. The number of halogens is 2. The molecule has 1 atom stereocenters. The van der Waals surface area contributed by atoms with Gasteiger partial charge in [0.25, 0.3) is 0 Å². The summed E-state index contributed by atoms with van der Waals surface area (Å²) < 4.78 is 28.3. The molecule has 1 amide bonds. The number of nitrogens with zero attached hydrogens (tertiary/aromatic N) is 3. The zero-order valence-electron chi connectivity index (χ0n) is 22.3. The van der Waals surface area contributed by atoms with Crippen LogP contribution in [-0.2, 0) is 0 Å². The standard InChI is InChI=1S/C29H29ClFN5O3S.H2S/c1-33-27-11-4-22(30)19-26(27)21-12-13-35(29(37)39-25-9-5-23(31)6-10-25)28(18-21)20-2-7-24(8-3-20)38-17-16-36(32)40-34-14-15-34;/h2-11,14-15,18-19,28,33H,12-13,16-17,32H2,1H3;1H2. The van der Waals surface area contributed by atoms with Gasteiger partial charge >= 0.3 is 6.09 Å². The number of nitrogens with two attached hydrogens (primary N) is 1. The Kier molecular flexibility index (Phi) is 10.5. The van der Waals surface area contributed by atoms with E-state index in [0.717, 1.165) is 22.4 Å². The lowest BCUT2D eigenvalue weighted by molar-refractivity contribution is 0.140. The molecule has 0 fully saturated rings. The second-order valence-electron chi connectivity index (χ2n) is 9.14. The summed E-state index contributed by atoms with van der Waals surface area (Å²) in [6.45, 7) is 1.37. The maximum Gasteiger partial charge on any atom is 0.416 e. The van der Waals surface area contributed by atoms with Crippen molar-refractivity contribution in [1.29, 1.82) is 0 Å². The SMILES string of the molecule is CNc1ccc(Cl)cc1C1=CC(c2ccc(OCCN(N)SN3C=C3)cc2)N(C(=O)Oc2ccc(F)cc2)CC1.S. The fourth-order valence-corrected chi connectivity index (χ4v) is 5.10. The minimum absolute atomic E-state index is 0. The smallest absolute Gasteiger partial charge is 0.416 e. The lowest BCUT2D eigenvalue weighted by Crippen LogP contribution is -2.39. The monoisotopic (exact) mass is 615 g/mol. The zero-order chi connectivity index (χ0) is 28.1. The molecule has 3 aromatic carbocycles. The van der Waals surface area contributed by atoms with Gasteiger partial charge in [0.15, 0.2) is 0 Å². The third-order valence-electron chi connectivity index (χ3n) is 6.44. The second-order valence-corrected chi connectivity index (χ2v) is 10.6. The van der Waals surface area contributed by atoms with Crippen molar-refractivity contribution in [2.75, 3.05) is 32.1 Å². The summed E-state index contributed by atoms with van der Waals surface area (Å²) in [5.74, 6) is 6.51. The van der Waals surface area contributed by atoms with Gasteiger partial charge in [0.05, 0.1) is 24.7 Å². The van der Waals surface area contributed by atoms with Crippen LogP contribution in [0.2, 0.25) is 5.02 Å². The molecule has 12 heteroatoms. The van der Waals surface area contributed by atoms with E-state index in [1.165, 1.54) is 36.4 Å². The highest BCUT2D eigenvalue weighted by Crippen LogP contribution is 2.38. The van der Waals surface area contributed by atoms with Crippen LogP contribution in [0.4, 0.5) is 14.9 Å². The molecule has 0 saturated heterocycles. The van der Waals surface area contributed by atoms with Crippen LogP contribution in [0.1, 0.15) is 23.6 Å². The third-order valence-corrected chi connectivity index (χ3v) is 7.50. The number of amides is 1. The van der Waals surface area contributed by atoms with E-state index in [4.69, 9.17) is 26.9 Å². The Morgan fingerprint density at radius 2 is 1.83 bits per heavy atom. The molecule has 0 spiro atoms. The van der Waals surface area contributed by atoms with Crippen molar-refractivity contribution in [2.24, 2.45) is 5.84 Å². The first-order valence-corrected chi connectivity index (χ1v) is 13.8. The van der Waals surface area contributed by atoms with E-state index in [-0.39, 0.29) is 19.2 Å². The van der Waals surface area contributed by atoms with Crippen LogP contribution < -0.4 is 20.6 Å². The van der Waals surface area contributed by atoms with Gasteiger partial charge in [0.2, 0.25) is 0 Å². The average Bonchev–Trinajstić information content (AvgIpc) is 3.78. The Balaban J connectivity index is 0.00000387. The van der Waals surface area contributed by atoms with Crippen LogP contribution >= 0.6 is 37.2 Å². The summed E-state index contributed by atoms with van der Waals surface area (Å²) in [5, 5.41) is 3.85. The fraction of sp³-hybridized carbons (Fsp3) is 0.207. The Labute approximate surface area is 255 Å². The summed E-state index contributed by atoms with van der Waals surface area (Å²) in [7, 11) is 1.86. The fourth-order valence-electron chi connectivity index (χ4n) is 4.37. The maximum atomic E-state index is 13.4. The van der Waals surface area contributed by atoms with Crippen LogP contribution in [0.25, 0.3) is 5.57 Å². The maximum absolute atomic E-state index is 13.4. The lowest BCUT2D eigenvalue weighted by Gasteiger charge is -2.34. The molecule has 2 heterocycles. The summed E-state index contributed by atoms with van der Waals surface area (Å²) >= 11 is 7.73. The normalized spacial score (nSPS) is 15.7. The topological polar surface area (TPSA) is 83.1 Å². The van der Waals surface area contributed by atoms with Crippen molar-refractivity contribution in [3.05, 3.63) is 107 Å². The van der Waals surface area contributed by atoms with Crippen molar-refractivity contribution < 1.29 is 18.7 Å². The Bertz CT molecular complexity index is 1400. The average molecular weight is 616 g/mol. The molecule has 0 aromatic heterocycles. The van der Waals surface area contributed by atoms with Gasteiger partial charge in [-0.1, -0.05) is 29.8 Å². The van der Waals surface area contributed by atoms with E-state index in [1.807, 2.05) is 66.2 Å². The minimum Gasteiger partial charge on any atom is -0.492 e. The summed E-state index contributed by atoms with van der Waals surface area (Å²) in [6.07, 6.45) is 5.97. The largest absolute Gasteiger partial charge is 0.492 e. The van der Waals surface area contributed by atoms with E-state index < -0.39 is 18.0 Å². The molecule has 2 aliphatic rings. The third kappa shape index (κ3) is 8.11. The van der Waals surface area contributed by atoms with E-state index in [9.17, 15) is 9.18 Å². The number of carbonyl (C=O) groups excluding carboxylic acids is 1. The molecule has 3 aromatic rings. The van der Waals surface area contributed by atoms with E-state index in [2.05, 4.69) is 11.4 Å². The molecule has 8 nitrogen and oxygen atoms in total. The van der Waals surface area contributed by atoms with E-state index in [1.54, 1.807) is 9.31 Å². The Morgan fingerprint density at radius 1 is 1.12 bits per heavy atom. The molecule has 3 N–H and O–H groups in total. The van der Waals surface area contributed by atoms with E-state index >= 15 is 0 Å². The van der Waals surface area contributed by atoms with Gasteiger partial charge in [-0.25, -0.2) is 9.18 Å². The number of hydrazine groups is 1. The highest BCUT2D eigenvalue weighted by Gasteiger charge is 2.30. The predicted octanol–water partition coefficient (Wildman–Crippen LogP) is 6.57. The molecule has 5 rings (SSSR count). The number of rotatable bonds is 10. The van der Waals surface area contributed by atoms with Crippen LogP contribution in [0, 0.1) is 5.82 Å². The van der Waals surface area contributed by atoms with Gasteiger partial charge < -0.3 is 14.8 Å². The van der Waals surface area contributed by atoms with E-state index in [0.29, 0.717) is 36.9 Å². The number of hydrogen-bond donors (Lipinski definition) is 2. The van der Waals surface area contributed by atoms with Crippen molar-refractivity contribution in [3.63, 3.8) is 0 Å². The number of ether oxygens (including phenoxy) is 2. The van der Waals surface area contributed by atoms with Gasteiger partial charge in [0, 0.05) is 42.3 Å². The molecular formula is C29H31ClFN5O3S2. The van der Waals surface area contributed by atoms with Crippen molar-refractivity contribution >= 4 is 54.6 Å². The molecule has 41 heavy (non-hydrogen) atoms. The summed E-state index contributed by atoms with van der Waals surface area (Å²) in [4.78, 5) is 15.0. The molecule has 216 valence electrons. The van der Waals surface area contributed by atoms with Gasteiger partial charge in [-0.2, -0.15) is 17.9 Å². The molecule has 0 saturated carbocycles. The first kappa shape index (κ1) is 30.6. The van der Waals surface area contributed by atoms with Crippen molar-refractivity contribution in [2.45, 2.75) is 12.5 Å². The minimum atomic E-state index is -0.520. The van der Waals surface area contributed by atoms with Gasteiger partial charge in [-0.3, -0.25) is 15.0 Å². The van der Waals surface area contributed by atoms with Crippen LogP contribution in [0.5, 0.6) is 11.5 Å². The number of nitrogens with one attached hydrogen (secondary N) is 1. The second kappa shape index (κ2) is 14.0. The number of carbonyl (C=O) groups is 1. The van der Waals surface area contributed by atoms with Gasteiger partial charge in [-0.05, 0) is 72.2 Å². The Morgan fingerprint density at radius 3 is 2.51 bits per heavy atom. The first-order valence-electron chi connectivity index (χ1n) is 12.7. The summed E-state index contributed by atoms with van der Waals surface area (Å²) in [5.41, 5.74) is 3.87. The highest BCUT2D eigenvalue weighted by atomic mass is 35.5. The molecule has 0 bridgehead atoms. The van der Waals surface area contributed by atoms with Crippen molar-refractivity contribution in [1.82, 2.24) is 13.6 Å². The summed E-state index contributed by atoms with van der Waals surface area (Å²) in [6, 6.07) is 18.3. The van der Waals surface area contributed by atoms with Crippen LogP contribution in [0.15, 0.2) is 85.2 Å². The number of anilines is 1. The highest BCUT2D eigenvalue weighted by molar-refractivity contribution is 7.95. The molecular weight excluding hydrogens is 585 g/mol. The molecule has 2 aliphatic heterocycles. The molecule has 0 radical (unpaired) electrons. The molecule has 1 unspecified atom stereocenters. The molecule has 0 aliphatic carbocycles. The van der Waals surface area contributed by atoms with Gasteiger partial charge in [0.1, 0.15) is 23.9 Å². The van der Waals surface area contributed by atoms with Crippen LogP contribution in [0.3, 0.4) is 0 Å². The van der Waals surface area contributed by atoms with Crippen molar-refractivity contribution in [3.8, 4) is 11.5 Å². The van der Waals surface area contributed by atoms with Crippen LogP contribution in [-0.4, -0.2) is 46.5 Å². The lowest BCUT2D eigenvalue weighted by atomic mass is 9.91. The number of benzene rings is 3. The number of hydrogen-bond acceptors (Lipinski definition) is 8. The first-order chi connectivity index (χ1) is 19.4. The quantitative estimate of drug-likeness (QED) is 0.151. The Hall–Kier alpha value is -3.35.